The molecule has 51 heavy (non-hydrogen) atoms. The molecule has 5 N–H and O–H groups in total. The lowest BCUT2D eigenvalue weighted by atomic mass is 9.99. The fraction of sp³-hybridized carbons (Fsp3) is 0.385. The van der Waals surface area contributed by atoms with E-state index in [4.69, 9.17) is 0 Å². The van der Waals surface area contributed by atoms with Crippen molar-refractivity contribution in [2.24, 2.45) is 5.92 Å². The first-order valence-corrected chi connectivity index (χ1v) is 17.5. The maximum absolute atomic E-state index is 14.0. The van der Waals surface area contributed by atoms with Crippen LogP contribution in [0.3, 0.4) is 0 Å². The van der Waals surface area contributed by atoms with E-state index in [1.54, 1.807) is 13.8 Å². The zero-order valence-electron chi connectivity index (χ0n) is 29.0. The van der Waals surface area contributed by atoms with Gasteiger partial charge in [0.25, 0.3) is 0 Å². The molecule has 268 valence electrons. The molecule has 12 nitrogen and oxygen atoms in total. The van der Waals surface area contributed by atoms with Crippen molar-refractivity contribution in [2.75, 3.05) is 13.1 Å². The minimum Gasteiger partial charge on any atom is -0.345 e. The summed E-state index contributed by atoms with van der Waals surface area (Å²) in [5, 5.41) is 14.0. The Kier molecular flexibility index (Phi) is 12.6. The monoisotopic (exact) mass is 694 g/mol. The predicted octanol–water partition coefficient (Wildman–Crippen LogP) is 1.43. The normalized spacial score (nSPS) is 24.0. The first-order valence-electron chi connectivity index (χ1n) is 17.5. The average molecular weight is 695 g/mol. The number of carbonyl (C=O) groups excluding carboxylic acids is 6. The molecule has 2 aliphatic heterocycles. The van der Waals surface area contributed by atoms with Crippen LogP contribution >= 0.6 is 0 Å². The number of hydrogen-bond acceptors (Lipinski definition) is 6. The van der Waals surface area contributed by atoms with Crippen LogP contribution < -0.4 is 26.6 Å². The second-order valence-electron chi connectivity index (χ2n) is 13.4. The summed E-state index contributed by atoms with van der Waals surface area (Å²) >= 11 is 0. The van der Waals surface area contributed by atoms with Gasteiger partial charge in [-0.3, -0.25) is 28.8 Å². The largest absolute Gasteiger partial charge is 0.345 e. The van der Waals surface area contributed by atoms with Gasteiger partial charge in [0, 0.05) is 25.8 Å². The highest BCUT2D eigenvalue weighted by atomic mass is 16.2. The van der Waals surface area contributed by atoms with Crippen molar-refractivity contribution in [3.63, 3.8) is 0 Å². The number of carbonyl (C=O) groups is 6. The van der Waals surface area contributed by atoms with Crippen molar-refractivity contribution in [3.8, 4) is 0 Å². The van der Waals surface area contributed by atoms with Gasteiger partial charge in [-0.25, -0.2) is 0 Å². The first kappa shape index (κ1) is 36.8. The van der Waals surface area contributed by atoms with Crippen molar-refractivity contribution in [1.82, 2.24) is 31.5 Å². The summed E-state index contributed by atoms with van der Waals surface area (Å²) in [7, 11) is 0. The summed E-state index contributed by atoms with van der Waals surface area (Å²) < 4.78 is 0. The van der Waals surface area contributed by atoms with E-state index < -0.39 is 78.1 Å². The number of rotatable bonds is 7. The molecule has 2 aliphatic rings. The lowest BCUT2D eigenvalue weighted by Crippen LogP contribution is -2.61. The minimum absolute atomic E-state index is 0.109. The lowest BCUT2D eigenvalue weighted by Gasteiger charge is -2.30. The van der Waals surface area contributed by atoms with E-state index in [9.17, 15) is 28.8 Å². The van der Waals surface area contributed by atoms with Gasteiger partial charge in [0.05, 0.1) is 6.54 Å². The molecule has 3 aromatic carbocycles. The molecule has 0 bridgehead atoms. The van der Waals surface area contributed by atoms with E-state index in [0.29, 0.717) is 19.4 Å². The van der Waals surface area contributed by atoms with Crippen LogP contribution in [0.25, 0.3) is 0 Å². The summed E-state index contributed by atoms with van der Waals surface area (Å²) in [5.74, 6) is -3.68. The molecule has 0 spiro atoms. The molecule has 3 aromatic rings. The molecule has 2 saturated heterocycles. The van der Waals surface area contributed by atoms with Gasteiger partial charge in [-0.05, 0) is 35.4 Å². The van der Waals surface area contributed by atoms with Crippen LogP contribution in [0.15, 0.2) is 91.0 Å². The third-order valence-electron chi connectivity index (χ3n) is 9.28. The maximum atomic E-state index is 14.0. The Morgan fingerprint density at radius 2 is 1.00 bits per heavy atom. The van der Waals surface area contributed by atoms with Gasteiger partial charge in [0.2, 0.25) is 35.4 Å². The van der Waals surface area contributed by atoms with Gasteiger partial charge in [0.1, 0.15) is 30.2 Å². The number of nitrogens with one attached hydrogen (secondary N) is 5. The zero-order valence-corrected chi connectivity index (χ0v) is 29.0. The van der Waals surface area contributed by atoms with Gasteiger partial charge < -0.3 is 31.5 Å². The molecule has 2 heterocycles. The van der Waals surface area contributed by atoms with Crippen LogP contribution in [0, 0.1) is 5.92 Å². The van der Waals surface area contributed by atoms with Crippen LogP contribution in [0.5, 0.6) is 0 Å². The standard InChI is InChI=1S/C39H46N6O6/c1-25(2)34-39(51)43-30(22-27-15-8-4-9-16-27)36(48)41-29(21-26-13-6-3-7-14-26)35(47)40-24-33(46)45-20-12-19-32(45)38(50)42-31(37(49)44-34)23-28-17-10-5-11-18-28/h3-11,13-18,25,29-32,34H,12,19-24H2,1-2H3,(H,40,47)(H,41,48)(H,42,50)(H,43,51)(H,44,49). The Morgan fingerprint density at radius 3 is 1.49 bits per heavy atom. The summed E-state index contributed by atoms with van der Waals surface area (Å²) in [6.07, 6.45) is 1.33. The molecule has 0 aliphatic carbocycles. The molecular weight excluding hydrogens is 648 g/mol. The minimum atomic E-state index is -1.12. The second-order valence-corrected chi connectivity index (χ2v) is 13.4. The van der Waals surface area contributed by atoms with Gasteiger partial charge in [-0.2, -0.15) is 0 Å². The number of hydrogen-bond donors (Lipinski definition) is 5. The van der Waals surface area contributed by atoms with Crippen molar-refractivity contribution in [1.29, 1.82) is 0 Å². The Bertz CT molecular complexity index is 1690. The topological polar surface area (TPSA) is 166 Å². The Balaban J connectivity index is 1.49. The van der Waals surface area contributed by atoms with Crippen molar-refractivity contribution in [2.45, 2.75) is 76.2 Å². The van der Waals surface area contributed by atoms with Crippen LogP contribution in [0.4, 0.5) is 0 Å². The van der Waals surface area contributed by atoms with E-state index in [-0.39, 0.29) is 19.3 Å². The lowest BCUT2D eigenvalue weighted by molar-refractivity contribution is -0.140. The Hall–Kier alpha value is -5.52. The molecule has 5 atom stereocenters. The first-order chi connectivity index (χ1) is 24.6. The van der Waals surface area contributed by atoms with Gasteiger partial charge >= 0.3 is 0 Å². The Morgan fingerprint density at radius 1 is 0.569 bits per heavy atom. The zero-order chi connectivity index (χ0) is 36.3. The van der Waals surface area contributed by atoms with E-state index in [0.717, 1.165) is 16.7 Å². The second kappa shape index (κ2) is 17.4. The van der Waals surface area contributed by atoms with E-state index in [1.807, 2.05) is 91.0 Å². The maximum Gasteiger partial charge on any atom is 0.243 e. The highest BCUT2D eigenvalue weighted by molar-refractivity contribution is 5.98. The Labute approximate surface area is 298 Å². The highest BCUT2D eigenvalue weighted by Crippen LogP contribution is 2.19. The molecule has 0 saturated carbocycles. The van der Waals surface area contributed by atoms with E-state index in [1.165, 1.54) is 4.90 Å². The van der Waals surface area contributed by atoms with Crippen molar-refractivity contribution >= 4 is 35.4 Å². The summed E-state index contributed by atoms with van der Waals surface area (Å²) in [5.41, 5.74) is 2.34. The van der Waals surface area contributed by atoms with Gasteiger partial charge in [-0.15, -0.1) is 0 Å². The molecule has 5 unspecified atom stereocenters. The molecule has 0 radical (unpaired) electrons. The predicted molar refractivity (Wildman–Crippen MR) is 191 cm³/mol. The van der Waals surface area contributed by atoms with Crippen LogP contribution in [0.2, 0.25) is 0 Å². The number of fused-ring (bicyclic) bond motifs is 1. The van der Waals surface area contributed by atoms with Crippen molar-refractivity contribution in [3.05, 3.63) is 108 Å². The summed E-state index contributed by atoms with van der Waals surface area (Å²) in [4.78, 5) is 84.3. The van der Waals surface area contributed by atoms with Crippen LogP contribution in [-0.2, 0) is 48.0 Å². The average Bonchev–Trinajstić information content (AvgIpc) is 3.63. The SMILES string of the molecule is CC(C)C1NC(=O)C(Cc2ccccc2)NC(=O)C2CCCN2C(=O)CNC(=O)C(Cc2ccccc2)NC(=O)C(Cc2ccccc2)NC1=O. The third kappa shape index (κ3) is 10.0. The van der Waals surface area contributed by atoms with Gasteiger partial charge in [-0.1, -0.05) is 105 Å². The third-order valence-corrected chi connectivity index (χ3v) is 9.28. The van der Waals surface area contributed by atoms with Crippen molar-refractivity contribution < 1.29 is 28.8 Å². The molecule has 6 amide bonds. The summed E-state index contributed by atoms with van der Waals surface area (Å²) in [6, 6.07) is 22.3. The van der Waals surface area contributed by atoms with Crippen LogP contribution in [-0.4, -0.2) is 83.6 Å². The number of nitrogens with zero attached hydrogens (tertiary/aromatic N) is 1. The van der Waals surface area contributed by atoms with Crippen LogP contribution in [0.1, 0.15) is 43.4 Å². The molecule has 5 rings (SSSR count). The molecule has 0 aromatic heterocycles. The molecule has 12 heteroatoms. The highest BCUT2D eigenvalue weighted by Gasteiger charge is 2.38. The fourth-order valence-electron chi connectivity index (χ4n) is 6.49. The molecule has 2 fully saturated rings. The van der Waals surface area contributed by atoms with Gasteiger partial charge in [0.15, 0.2) is 0 Å². The fourth-order valence-corrected chi connectivity index (χ4v) is 6.49. The quantitative estimate of drug-likeness (QED) is 0.251. The number of benzene rings is 3. The molecular formula is C39H46N6O6. The van der Waals surface area contributed by atoms with E-state index >= 15 is 0 Å². The smallest absolute Gasteiger partial charge is 0.243 e. The van der Waals surface area contributed by atoms with E-state index in [2.05, 4.69) is 26.6 Å². The summed E-state index contributed by atoms with van der Waals surface area (Å²) in [6.45, 7) is 3.47. The number of amides is 6.